The largest absolute Gasteiger partial charge is 0.487 e. The van der Waals surface area contributed by atoms with E-state index in [0.717, 1.165) is 17.9 Å². The van der Waals surface area contributed by atoms with Gasteiger partial charge in [-0.1, -0.05) is 11.6 Å². The summed E-state index contributed by atoms with van der Waals surface area (Å²) in [5, 5.41) is 1.36. The van der Waals surface area contributed by atoms with Gasteiger partial charge in [0.05, 0.1) is 6.54 Å². The molecule has 6 nitrogen and oxygen atoms in total. The van der Waals surface area contributed by atoms with Crippen molar-refractivity contribution in [1.82, 2.24) is 9.91 Å². The van der Waals surface area contributed by atoms with Gasteiger partial charge < -0.3 is 20.4 Å². The molecule has 1 amide bonds. The number of piperidine rings is 1. The van der Waals surface area contributed by atoms with Crippen molar-refractivity contribution in [3.63, 3.8) is 0 Å². The van der Waals surface area contributed by atoms with Crippen molar-refractivity contribution in [1.29, 1.82) is 0 Å². The lowest BCUT2D eigenvalue weighted by molar-refractivity contribution is -0.148. The summed E-state index contributed by atoms with van der Waals surface area (Å²) in [6.45, 7) is -0.324. The molecule has 172 valence electrons. The van der Waals surface area contributed by atoms with Gasteiger partial charge in [0, 0.05) is 29.9 Å². The van der Waals surface area contributed by atoms with Crippen molar-refractivity contribution in [3.05, 3.63) is 40.7 Å². The lowest BCUT2D eigenvalue weighted by Crippen LogP contribution is -2.42. The Labute approximate surface area is 182 Å². The molecule has 1 aliphatic carbocycles. The number of carbonyl (C=O) groups is 1. The van der Waals surface area contributed by atoms with Crippen LogP contribution < -0.4 is 16.3 Å². The average Bonchev–Trinajstić information content (AvgIpc) is 3.46. The number of hydrogen-bond acceptors (Lipinski definition) is 5. The van der Waals surface area contributed by atoms with Crippen LogP contribution in [0, 0.1) is 5.41 Å². The first-order chi connectivity index (χ1) is 14.5. The van der Waals surface area contributed by atoms with Crippen LogP contribution in [0.4, 0.5) is 17.6 Å². The Morgan fingerprint density at radius 1 is 1.29 bits per heavy atom. The second kappa shape index (κ2) is 9.12. The highest BCUT2D eigenvalue weighted by Gasteiger charge is 2.45. The molecule has 2 aliphatic rings. The number of nitrogens with two attached hydrogens (primary N) is 2. The van der Waals surface area contributed by atoms with Gasteiger partial charge in [0.1, 0.15) is 11.4 Å². The summed E-state index contributed by atoms with van der Waals surface area (Å²) in [6, 6.07) is 4.06. The number of halogens is 5. The van der Waals surface area contributed by atoms with Crippen LogP contribution in [-0.4, -0.2) is 47.9 Å². The lowest BCUT2D eigenvalue weighted by atomic mass is 9.93. The van der Waals surface area contributed by atoms with E-state index in [-0.39, 0.29) is 34.5 Å². The number of rotatable bonds is 8. The van der Waals surface area contributed by atoms with E-state index < -0.39 is 19.0 Å². The molecule has 0 aromatic heterocycles. The zero-order valence-electron chi connectivity index (χ0n) is 16.8. The molecule has 0 radical (unpaired) electrons. The predicted octanol–water partition coefficient (Wildman–Crippen LogP) is 3.50. The number of likely N-dealkylation sites (tertiary alicyclic amines) is 1. The second-order valence-corrected chi connectivity index (χ2v) is 8.59. The number of benzene rings is 1. The number of hydrogen-bond donors (Lipinski definition) is 2. The van der Waals surface area contributed by atoms with Crippen molar-refractivity contribution in [2.24, 2.45) is 17.0 Å². The number of alkyl halides is 4. The highest BCUT2D eigenvalue weighted by molar-refractivity contribution is 6.30. The van der Waals surface area contributed by atoms with Crippen molar-refractivity contribution >= 4 is 17.5 Å². The summed E-state index contributed by atoms with van der Waals surface area (Å²) >= 11 is 5.94. The molecular weight excluding hydrogens is 440 g/mol. The smallest absolute Gasteiger partial charge is 0.340 e. The minimum Gasteiger partial charge on any atom is -0.487 e. The van der Waals surface area contributed by atoms with E-state index in [1.165, 1.54) is 37.2 Å². The number of nitrogens with zero attached hydrogens (tertiary/aromatic N) is 2. The molecule has 1 heterocycles. The first-order valence-electron chi connectivity index (χ1n) is 9.86. The first-order valence-corrected chi connectivity index (χ1v) is 10.2. The Hall–Kier alpha value is -2.20. The maximum Gasteiger partial charge on any atom is 0.340 e. The van der Waals surface area contributed by atoms with Gasteiger partial charge in [-0.05, 0) is 49.3 Å². The summed E-state index contributed by atoms with van der Waals surface area (Å²) in [5.74, 6) is 1.21. The van der Waals surface area contributed by atoms with Crippen molar-refractivity contribution in [2.45, 2.75) is 44.6 Å². The van der Waals surface area contributed by atoms with Crippen LogP contribution in [0.5, 0.6) is 5.75 Å². The monoisotopic (exact) mass is 464 g/mol. The molecule has 1 aromatic rings. The van der Waals surface area contributed by atoms with Crippen LogP contribution in [0.2, 0.25) is 5.02 Å². The number of amides is 1. The van der Waals surface area contributed by atoms with Crippen molar-refractivity contribution in [2.75, 3.05) is 19.7 Å². The van der Waals surface area contributed by atoms with E-state index in [1.54, 1.807) is 4.90 Å². The van der Waals surface area contributed by atoms with Gasteiger partial charge in [0.25, 0.3) is 5.91 Å². The molecule has 1 saturated heterocycles. The normalized spacial score (nSPS) is 18.4. The Morgan fingerprint density at radius 2 is 1.94 bits per heavy atom. The molecule has 4 N–H and O–H groups in total. The fraction of sp³-hybridized carbons (Fsp3) is 0.550. The summed E-state index contributed by atoms with van der Waals surface area (Å²) in [6.07, 6.45) is 1.74. The van der Waals surface area contributed by atoms with Crippen LogP contribution in [0.15, 0.2) is 30.1 Å². The Bertz CT molecular complexity index is 838. The summed E-state index contributed by atoms with van der Waals surface area (Å²) in [5.41, 5.74) is 6.53. The van der Waals surface area contributed by atoms with Gasteiger partial charge in [0.2, 0.25) is 0 Å². The fourth-order valence-corrected chi connectivity index (χ4v) is 3.76. The quantitative estimate of drug-likeness (QED) is 0.266. The zero-order valence-corrected chi connectivity index (χ0v) is 17.6. The number of hydrazine groups is 1. The lowest BCUT2D eigenvalue weighted by Gasteiger charge is -2.32. The molecule has 2 fully saturated rings. The second-order valence-electron chi connectivity index (χ2n) is 8.15. The van der Waals surface area contributed by atoms with Crippen molar-refractivity contribution in [3.8, 4) is 5.75 Å². The molecule has 0 unspecified atom stereocenters. The topological polar surface area (TPSA) is 84.8 Å². The predicted molar refractivity (Wildman–Crippen MR) is 107 cm³/mol. The maximum atomic E-state index is 13.2. The molecule has 1 aliphatic heterocycles. The number of ether oxygens (including phenoxy) is 1. The zero-order chi connectivity index (χ0) is 22.8. The molecule has 1 saturated carbocycles. The van der Waals surface area contributed by atoms with E-state index in [4.69, 9.17) is 27.9 Å². The van der Waals surface area contributed by atoms with Gasteiger partial charge in [-0.25, -0.2) is 14.6 Å². The molecule has 3 rings (SSSR count). The molecule has 31 heavy (non-hydrogen) atoms. The van der Waals surface area contributed by atoms with Crippen LogP contribution in [-0.2, 0) is 11.3 Å². The van der Waals surface area contributed by atoms with Gasteiger partial charge in [-0.2, -0.15) is 8.78 Å². The molecule has 11 heteroatoms. The van der Waals surface area contributed by atoms with Gasteiger partial charge in [-0.15, -0.1) is 0 Å². The van der Waals surface area contributed by atoms with E-state index in [2.05, 4.69) is 0 Å². The molecule has 0 atom stereocenters. The van der Waals surface area contributed by atoms with Gasteiger partial charge >= 0.3 is 12.3 Å². The van der Waals surface area contributed by atoms with Crippen LogP contribution in [0.1, 0.15) is 31.2 Å². The molecule has 1 aromatic carbocycles. The van der Waals surface area contributed by atoms with E-state index in [9.17, 15) is 22.4 Å². The Kier molecular flexibility index (Phi) is 6.90. The SMILES string of the molecule is N/C(=C\N(N)Cc1cc(Cl)ccc1OCC(F)(F)C(F)F)C(=O)N1CCC2(CC1)CC2. The average molecular weight is 465 g/mol. The Balaban J connectivity index is 1.62. The fourth-order valence-electron chi connectivity index (χ4n) is 3.57. The van der Waals surface area contributed by atoms with Gasteiger partial charge in [0.15, 0.2) is 6.61 Å². The molecule has 1 spiro atoms. The van der Waals surface area contributed by atoms with Crippen LogP contribution in [0.3, 0.4) is 0 Å². The molecular formula is C20H25ClF4N4O2. The first kappa shape index (κ1) is 23.5. The molecule has 0 bridgehead atoms. The van der Waals surface area contributed by atoms with Crippen LogP contribution >= 0.6 is 11.6 Å². The maximum absolute atomic E-state index is 13.2. The summed E-state index contributed by atoms with van der Waals surface area (Å²) in [7, 11) is 0. The highest BCUT2D eigenvalue weighted by Crippen LogP contribution is 2.53. The van der Waals surface area contributed by atoms with E-state index >= 15 is 0 Å². The van der Waals surface area contributed by atoms with E-state index in [1.807, 2.05) is 0 Å². The van der Waals surface area contributed by atoms with Crippen molar-refractivity contribution < 1.29 is 27.1 Å². The third-order valence-electron chi connectivity index (χ3n) is 5.74. The highest BCUT2D eigenvalue weighted by atomic mass is 35.5. The Morgan fingerprint density at radius 3 is 2.52 bits per heavy atom. The minimum atomic E-state index is -4.30. The minimum absolute atomic E-state index is 0.0667. The standard InChI is InChI=1S/C20H25ClF4N4O2/c21-14-1-2-16(31-12-20(24,25)18(22)23)13(9-14)10-29(27)11-15(26)17(30)28-7-5-19(3-4-19)6-8-28/h1-2,9,11,18H,3-8,10,12,26-27H2/b15-11-. The summed E-state index contributed by atoms with van der Waals surface area (Å²) < 4.78 is 56.0. The third-order valence-corrected chi connectivity index (χ3v) is 5.97. The van der Waals surface area contributed by atoms with Gasteiger partial charge in [-0.3, -0.25) is 4.79 Å². The van der Waals surface area contributed by atoms with E-state index in [0.29, 0.717) is 18.5 Å². The summed E-state index contributed by atoms with van der Waals surface area (Å²) in [4.78, 5) is 14.2. The van der Waals surface area contributed by atoms with Crippen LogP contribution in [0.25, 0.3) is 0 Å². The number of carbonyl (C=O) groups excluding carboxylic acids is 1. The third kappa shape index (κ3) is 5.94.